The molecule has 0 bridgehead atoms. The lowest BCUT2D eigenvalue weighted by Crippen LogP contribution is -2.40. The summed E-state index contributed by atoms with van der Waals surface area (Å²) < 4.78 is 0. The second-order valence-corrected chi connectivity index (χ2v) is 5.68. The molecule has 0 saturated carbocycles. The van der Waals surface area contributed by atoms with E-state index in [1.165, 1.54) is 12.1 Å². The average Bonchev–Trinajstić information content (AvgIpc) is 2.47. The zero-order valence-corrected chi connectivity index (χ0v) is 12.7. The Morgan fingerprint density at radius 2 is 2.05 bits per heavy atom. The molecule has 1 saturated heterocycles. The van der Waals surface area contributed by atoms with Crippen molar-refractivity contribution >= 4 is 29.3 Å². The number of piperidine rings is 1. The number of urea groups is 1. The van der Waals surface area contributed by atoms with Gasteiger partial charge < -0.3 is 15.3 Å². The van der Waals surface area contributed by atoms with Crippen molar-refractivity contribution in [2.24, 2.45) is 5.92 Å². The van der Waals surface area contributed by atoms with Crippen LogP contribution in [0, 0.1) is 5.92 Å². The van der Waals surface area contributed by atoms with Crippen molar-refractivity contribution in [2.75, 3.05) is 18.4 Å². The van der Waals surface area contributed by atoms with Gasteiger partial charge in [0.15, 0.2) is 0 Å². The number of carbonyl (C=O) groups excluding carboxylic acids is 1. The molecule has 1 aromatic rings. The Morgan fingerprint density at radius 3 is 2.57 bits per heavy atom. The van der Waals surface area contributed by atoms with Crippen molar-refractivity contribution in [1.82, 2.24) is 4.90 Å². The lowest BCUT2D eigenvalue weighted by atomic mass is 9.95. The van der Waals surface area contributed by atoms with Gasteiger partial charge in [0, 0.05) is 18.8 Å². The number of hydrogen-bond acceptors (Lipinski definition) is 2. The number of anilines is 1. The standard InChI is InChI=1S/C15H19ClN2O3/c1-2-10-5-7-18(8-6-10)15(21)17-11-3-4-12(14(19)20)13(16)9-11/h3-4,9-10H,2,5-8H2,1H3,(H,17,21)(H,19,20). The number of carbonyl (C=O) groups is 2. The van der Waals surface area contributed by atoms with Crippen LogP contribution >= 0.6 is 11.6 Å². The SMILES string of the molecule is CCC1CCN(C(=O)Nc2ccc(C(=O)O)c(Cl)c2)CC1. The van der Waals surface area contributed by atoms with E-state index in [2.05, 4.69) is 12.2 Å². The van der Waals surface area contributed by atoms with E-state index < -0.39 is 5.97 Å². The van der Waals surface area contributed by atoms with Crippen molar-refractivity contribution < 1.29 is 14.7 Å². The summed E-state index contributed by atoms with van der Waals surface area (Å²) in [6.07, 6.45) is 3.22. The molecular formula is C15H19ClN2O3. The molecule has 0 aliphatic carbocycles. The number of hydrogen-bond donors (Lipinski definition) is 2. The van der Waals surface area contributed by atoms with Gasteiger partial charge in [-0.1, -0.05) is 24.9 Å². The highest BCUT2D eigenvalue weighted by atomic mass is 35.5. The number of nitrogens with zero attached hydrogens (tertiary/aromatic N) is 1. The topological polar surface area (TPSA) is 69.6 Å². The maximum Gasteiger partial charge on any atom is 0.337 e. The van der Waals surface area contributed by atoms with Crippen LogP contribution < -0.4 is 5.32 Å². The Labute approximate surface area is 128 Å². The van der Waals surface area contributed by atoms with Crippen LogP contribution in [-0.2, 0) is 0 Å². The van der Waals surface area contributed by atoms with E-state index in [9.17, 15) is 9.59 Å². The monoisotopic (exact) mass is 310 g/mol. The van der Waals surface area contributed by atoms with Crippen LogP contribution in [0.15, 0.2) is 18.2 Å². The van der Waals surface area contributed by atoms with Crippen LogP contribution in [-0.4, -0.2) is 35.1 Å². The smallest absolute Gasteiger partial charge is 0.337 e. The van der Waals surface area contributed by atoms with E-state index >= 15 is 0 Å². The minimum atomic E-state index is -1.08. The minimum absolute atomic E-state index is 0.0263. The number of aromatic carboxylic acids is 1. The van der Waals surface area contributed by atoms with Crippen molar-refractivity contribution in [2.45, 2.75) is 26.2 Å². The number of likely N-dealkylation sites (tertiary alicyclic amines) is 1. The molecule has 0 atom stereocenters. The first-order valence-corrected chi connectivity index (χ1v) is 7.47. The van der Waals surface area contributed by atoms with Gasteiger partial charge >= 0.3 is 12.0 Å². The Balaban J connectivity index is 1.97. The summed E-state index contributed by atoms with van der Waals surface area (Å²) in [6, 6.07) is 4.24. The second-order valence-electron chi connectivity index (χ2n) is 5.27. The molecule has 5 nitrogen and oxygen atoms in total. The molecule has 0 spiro atoms. The van der Waals surface area contributed by atoms with E-state index in [-0.39, 0.29) is 16.6 Å². The third kappa shape index (κ3) is 3.88. The van der Waals surface area contributed by atoms with Crippen LogP contribution in [0.25, 0.3) is 0 Å². The van der Waals surface area contributed by atoms with E-state index in [0.29, 0.717) is 11.6 Å². The zero-order chi connectivity index (χ0) is 15.4. The third-order valence-corrected chi connectivity index (χ3v) is 4.24. The van der Waals surface area contributed by atoms with Gasteiger partial charge in [0.05, 0.1) is 10.6 Å². The summed E-state index contributed by atoms with van der Waals surface area (Å²) in [6.45, 7) is 3.68. The minimum Gasteiger partial charge on any atom is -0.478 e. The predicted molar refractivity (Wildman–Crippen MR) is 82.0 cm³/mol. The molecule has 1 aliphatic heterocycles. The van der Waals surface area contributed by atoms with Crippen LogP contribution in [0.5, 0.6) is 0 Å². The number of carboxylic acids is 1. The van der Waals surface area contributed by atoms with Crippen molar-refractivity contribution in [3.8, 4) is 0 Å². The average molecular weight is 311 g/mol. The molecule has 1 aromatic carbocycles. The molecule has 2 amide bonds. The third-order valence-electron chi connectivity index (χ3n) is 3.93. The molecule has 21 heavy (non-hydrogen) atoms. The first-order valence-electron chi connectivity index (χ1n) is 7.10. The fraction of sp³-hybridized carbons (Fsp3) is 0.467. The summed E-state index contributed by atoms with van der Waals surface area (Å²) >= 11 is 5.89. The first-order chi connectivity index (χ1) is 10.0. The number of benzene rings is 1. The molecular weight excluding hydrogens is 292 g/mol. The van der Waals surface area contributed by atoms with Crippen LogP contribution in [0.2, 0.25) is 5.02 Å². The molecule has 114 valence electrons. The first kappa shape index (κ1) is 15.6. The fourth-order valence-electron chi connectivity index (χ4n) is 2.51. The van der Waals surface area contributed by atoms with Crippen LogP contribution in [0.3, 0.4) is 0 Å². The normalized spacial score (nSPS) is 15.8. The fourth-order valence-corrected chi connectivity index (χ4v) is 2.77. The maximum atomic E-state index is 12.1. The van der Waals surface area contributed by atoms with Crippen LogP contribution in [0.1, 0.15) is 36.5 Å². The number of carboxylic acid groups (broad SMARTS) is 1. The zero-order valence-electron chi connectivity index (χ0n) is 11.9. The van der Waals surface area contributed by atoms with Gasteiger partial charge in [-0.3, -0.25) is 0 Å². The Hall–Kier alpha value is -1.75. The van der Waals surface area contributed by atoms with Gasteiger partial charge in [-0.15, -0.1) is 0 Å². The van der Waals surface area contributed by atoms with Gasteiger partial charge in [0.1, 0.15) is 0 Å². The van der Waals surface area contributed by atoms with Crippen molar-refractivity contribution in [1.29, 1.82) is 0 Å². The predicted octanol–water partition coefficient (Wildman–Crippen LogP) is 3.69. The largest absolute Gasteiger partial charge is 0.478 e. The summed E-state index contributed by atoms with van der Waals surface area (Å²) in [4.78, 5) is 24.8. The number of amides is 2. The molecule has 0 unspecified atom stereocenters. The lowest BCUT2D eigenvalue weighted by molar-refractivity contribution is 0.0697. The number of halogens is 1. The van der Waals surface area contributed by atoms with Gasteiger partial charge in [-0.25, -0.2) is 9.59 Å². The molecule has 6 heteroatoms. The van der Waals surface area contributed by atoms with E-state index in [4.69, 9.17) is 16.7 Å². The summed E-state index contributed by atoms with van der Waals surface area (Å²) in [7, 11) is 0. The van der Waals surface area contributed by atoms with Crippen molar-refractivity contribution in [3.63, 3.8) is 0 Å². The number of rotatable bonds is 3. The van der Waals surface area contributed by atoms with Crippen LogP contribution in [0.4, 0.5) is 10.5 Å². The molecule has 2 rings (SSSR count). The molecule has 0 radical (unpaired) electrons. The quantitative estimate of drug-likeness (QED) is 0.894. The maximum absolute atomic E-state index is 12.1. The van der Waals surface area contributed by atoms with E-state index in [1.54, 1.807) is 11.0 Å². The van der Waals surface area contributed by atoms with E-state index in [1.807, 2.05) is 0 Å². The molecule has 1 aliphatic rings. The molecule has 0 aromatic heterocycles. The number of nitrogens with one attached hydrogen (secondary N) is 1. The highest BCUT2D eigenvalue weighted by Crippen LogP contribution is 2.23. The summed E-state index contributed by atoms with van der Waals surface area (Å²) in [5, 5.41) is 11.8. The molecule has 1 fully saturated rings. The Kier molecular flexibility index (Phi) is 5.07. The van der Waals surface area contributed by atoms with Crippen molar-refractivity contribution in [3.05, 3.63) is 28.8 Å². The Morgan fingerprint density at radius 1 is 1.38 bits per heavy atom. The van der Waals surface area contributed by atoms with Gasteiger partial charge in [0.2, 0.25) is 0 Å². The highest BCUT2D eigenvalue weighted by molar-refractivity contribution is 6.33. The lowest BCUT2D eigenvalue weighted by Gasteiger charge is -2.31. The second kappa shape index (κ2) is 6.80. The summed E-state index contributed by atoms with van der Waals surface area (Å²) in [5.41, 5.74) is 0.533. The van der Waals surface area contributed by atoms with E-state index in [0.717, 1.165) is 32.4 Å². The van der Waals surface area contributed by atoms with Gasteiger partial charge in [-0.2, -0.15) is 0 Å². The van der Waals surface area contributed by atoms with Gasteiger partial charge in [-0.05, 0) is 37.0 Å². The van der Waals surface area contributed by atoms with Gasteiger partial charge in [0.25, 0.3) is 0 Å². The summed E-state index contributed by atoms with van der Waals surface area (Å²) in [5.74, 6) is -0.377. The molecule has 1 heterocycles. The molecule has 2 N–H and O–H groups in total. The Bertz CT molecular complexity index is 540. The highest BCUT2D eigenvalue weighted by Gasteiger charge is 2.22.